The predicted molar refractivity (Wildman–Crippen MR) is 75.0 cm³/mol. The number of amides is 2. The van der Waals surface area contributed by atoms with Crippen molar-refractivity contribution in [2.75, 3.05) is 18.0 Å². The smallest absolute Gasteiger partial charge is 0.300 e. The van der Waals surface area contributed by atoms with Crippen LogP contribution in [-0.4, -0.2) is 30.7 Å². The summed E-state index contributed by atoms with van der Waals surface area (Å²) in [5, 5.41) is 2.70. The molecule has 20 heavy (non-hydrogen) atoms. The molecule has 0 bridgehead atoms. The Hall–Kier alpha value is -2.03. The summed E-state index contributed by atoms with van der Waals surface area (Å²) >= 11 is 11.9. The van der Waals surface area contributed by atoms with Gasteiger partial charge in [0.1, 0.15) is 6.54 Å². The Morgan fingerprint density at radius 2 is 1.95 bits per heavy atom. The third-order valence-electron chi connectivity index (χ3n) is 2.70. The number of halogens is 2. The standard InChI is InChI=1S/C13H8Cl2N2O3/c1-2-5-16-9(18)6-17-11-8(15)4-3-7(14)10(11)12(19)13(17)20/h1,3-4H,5-6H2,(H,16,18). The number of terminal acetylenes is 1. The van der Waals surface area contributed by atoms with Gasteiger partial charge < -0.3 is 5.32 Å². The molecular weight excluding hydrogens is 303 g/mol. The van der Waals surface area contributed by atoms with Crippen LogP contribution in [0.25, 0.3) is 0 Å². The van der Waals surface area contributed by atoms with Crippen molar-refractivity contribution in [1.82, 2.24) is 5.32 Å². The van der Waals surface area contributed by atoms with Gasteiger partial charge in [-0.05, 0) is 12.1 Å². The number of hydrogen-bond donors (Lipinski definition) is 1. The van der Waals surface area contributed by atoms with E-state index in [1.54, 1.807) is 0 Å². The summed E-state index contributed by atoms with van der Waals surface area (Å²) in [5.74, 6) is 0.119. The monoisotopic (exact) mass is 310 g/mol. The van der Waals surface area contributed by atoms with E-state index in [-0.39, 0.29) is 34.4 Å². The molecule has 0 saturated heterocycles. The zero-order chi connectivity index (χ0) is 14.9. The Balaban J connectivity index is 2.36. The molecule has 5 nitrogen and oxygen atoms in total. The molecule has 0 aromatic heterocycles. The molecule has 2 amide bonds. The lowest BCUT2D eigenvalue weighted by molar-refractivity contribution is -0.121. The van der Waals surface area contributed by atoms with Crippen LogP contribution >= 0.6 is 23.2 Å². The lowest BCUT2D eigenvalue weighted by Gasteiger charge is -2.16. The Labute approximate surface area is 124 Å². The van der Waals surface area contributed by atoms with Crippen molar-refractivity contribution >= 4 is 46.5 Å². The highest BCUT2D eigenvalue weighted by atomic mass is 35.5. The van der Waals surface area contributed by atoms with E-state index >= 15 is 0 Å². The van der Waals surface area contributed by atoms with Crippen LogP contribution in [0.1, 0.15) is 10.4 Å². The zero-order valence-electron chi connectivity index (χ0n) is 10.1. The summed E-state index contributed by atoms with van der Waals surface area (Å²) in [6.07, 6.45) is 5.02. The summed E-state index contributed by atoms with van der Waals surface area (Å²) in [5.41, 5.74) is 0.180. The van der Waals surface area contributed by atoms with Crippen molar-refractivity contribution in [1.29, 1.82) is 0 Å². The first-order valence-corrected chi connectivity index (χ1v) is 6.27. The van der Waals surface area contributed by atoms with E-state index in [4.69, 9.17) is 29.6 Å². The number of Topliss-reactive ketones (excluding diaryl/α,β-unsaturated/α-hetero) is 1. The van der Waals surface area contributed by atoms with Gasteiger partial charge in [-0.1, -0.05) is 29.1 Å². The van der Waals surface area contributed by atoms with Crippen LogP contribution in [0.3, 0.4) is 0 Å². The number of nitrogens with zero attached hydrogens (tertiary/aromatic N) is 1. The lowest BCUT2D eigenvalue weighted by Crippen LogP contribution is -2.40. The fourth-order valence-corrected chi connectivity index (χ4v) is 2.35. The average molecular weight is 311 g/mol. The highest BCUT2D eigenvalue weighted by Crippen LogP contribution is 2.39. The third-order valence-corrected chi connectivity index (χ3v) is 3.32. The van der Waals surface area contributed by atoms with E-state index in [1.165, 1.54) is 12.1 Å². The average Bonchev–Trinajstić information content (AvgIpc) is 2.67. The minimum Gasteiger partial charge on any atom is -0.344 e. The van der Waals surface area contributed by atoms with Gasteiger partial charge in [0, 0.05) is 0 Å². The number of fused-ring (bicyclic) bond motifs is 1. The molecular formula is C13H8Cl2N2O3. The Bertz CT molecular complexity index is 664. The quantitative estimate of drug-likeness (QED) is 0.675. The topological polar surface area (TPSA) is 66.5 Å². The molecule has 102 valence electrons. The molecule has 1 aromatic carbocycles. The zero-order valence-corrected chi connectivity index (χ0v) is 11.6. The molecule has 1 aliphatic rings. The fraction of sp³-hybridized carbons (Fsp3) is 0.154. The summed E-state index contributed by atoms with van der Waals surface area (Å²) < 4.78 is 0. The van der Waals surface area contributed by atoms with Crippen molar-refractivity contribution in [3.63, 3.8) is 0 Å². The van der Waals surface area contributed by atoms with Gasteiger partial charge in [0.25, 0.3) is 11.7 Å². The molecule has 0 atom stereocenters. The molecule has 0 radical (unpaired) electrons. The lowest BCUT2D eigenvalue weighted by atomic mass is 10.1. The molecule has 0 aliphatic carbocycles. The fourth-order valence-electron chi connectivity index (χ4n) is 1.85. The minimum absolute atomic E-state index is 0.0221. The molecule has 1 aromatic rings. The van der Waals surface area contributed by atoms with E-state index in [0.29, 0.717) is 0 Å². The van der Waals surface area contributed by atoms with Crippen LogP contribution in [-0.2, 0) is 9.59 Å². The number of hydrogen-bond acceptors (Lipinski definition) is 3. The maximum atomic E-state index is 11.9. The second kappa shape index (κ2) is 5.53. The highest BCUT2D eigenvalue weighted by molar-refractivity contribution is 6.57. The SMILES string of the molecule is C#CCNC(=O)CN1C(=O)C(=O)c2c(Cl)ccc(Cl)c21. The van der Waals surface area contributed by atoms with Gasteiger partial charge in [-0.2, -0.15) is 0 Å². The van der Waals surface area contributed by atoms with Gasteiger partial charge >= 0.3 is 0 Å². The molecule has 7 heteroatoms. The highest BCUT2D eigenvalue weighted by Gasteiger charge is 2.40. The van der Waals surface area contributed by atoms with Gasteiger partial charge in [-0.25, -0.2) is 0 Å². The number of carbonyl (C=O) groups excluding carboxylic acids is 3. The van der Waals surface area contributed by atoms with Gasteiger partial charge in [-0.3, -0.25) is 19.3 Å². The second-order valence-corrected chi connectivity index (χ2v) is 4.77. The van der Waals surface area contributed by atoms with Crippen LogP contribution in [0.15, 0.2) is 12.1 Å². The molecule has 1 heterocycles. The van der Waals surface area contributed by atoms with Crippen molar-refractivity contribution in [2.45, 2.75) is 0 Å². The van der Waals surface area contributed by atoms with E-state index in [1.807, 2.05) is 0 Å². The van der Waals surface area contributed by atoms with Crippen LogP contribution < -0.4 is 10.2 Å². The van der Waals surface area contributed by atoms with Gasteiger partial charge in [0.05, 0.1) is 27.8 Å². The first kappa shape index (κ1) is 14.4. The molecule has 2 rings (SSSR count). The van der Waals surface area contributed by atoms with Gasteiger partial charge in [0.15, 0.2) is 0 Å². The number of ketones is 1. The van der Waals surface area contributed by atoms with Crippen LogP contribution in [0, 0.1) is 12.3 Å². The van der Waals surface area contributed by atoms with Crippen molar-refractivity contribution in [3.8, 4) is 12.3 Å². The van der Waals surface area contributed by atoms with Crippen molar-refractivity contribution < 1.29 is 14.4 Å². The molecule has 0 fully saturated rings. The number of anilines is 1. The molecule has 0 spiro atoms. The minimum atomic E-state index is -0.842. The van der Waals surface area contributed by atoms with E-state index in [9.17, 15) is 14.4 Å². The molecule has 0 unspecified atom stereocenters. The predicted octanol–water partition coefficient (Wildman–Crippen LogP) is 1.27. The number of benzene rings is 1. The maximum Gasteiger partial charge on any atom is 0.300 e. The van der Waals surface area contributed by atoms with E-state index < -0.39 is 17.6 Å². The maximum absolute atomic E-state index is 11.9. The number of carbonyl (C=O) groups is 3. The number of rotatable bonds is 3. The van der Waals surface area contributed by atoms with Gasteiger partial charge in [-0.15, -0.1) is 6.42 Å². The summed E-state index contributed by atoms with van der Waals surface area (Å²) in [4.78, 5) is 36.4. The summed E-state index contributed by atoms with van der Waals surface area (Å²) in [7, 11) is 0. The molecule has 1 aliphatic heterocycles. The molecule has 1 N–H and O–H groups in total. The van der Waals surface area contributed by atoms with Crippen LogP contribution in [0.2, 0.25) is 10.0 Å². The number of nitrogens with one attached hydrogen (secondary N) is 1. The Morgan fingerprint density at radius 3 is 2.60 bits per heavy atom. The summed E-state index contributed by atoms with van der Waals surface area (Å²) in [6, 6.07) is 2.89. The first-order valence-electron chi connectivity index (χ1n) is 5.51. The largest absolute Gasteiger partial charge is 0.344 e. The second-order valence-electron chi connectivity index (χ2n) is 3.95. The van der Waals surface area contributed by atoms with Crippen molar-refractivity contribution in [2.24, 2.45) is 0 Å². The molecule has 0 saturated carbocycles. The van der Waals surface area contributed by atoms with Gasteiger partial charge in [0.2, 0.25) is 5.91 Å². The normalized spacial score (nSPS) is 13.2. The van der Waals surface area contributed by atoms with Crippen LogP contribution in [0.5, 0.6) is 0 Å². The van der Waals surface area contributed by atoms with Crippen LogP contribution in [0.4, 0.5) is 5.69 Å². The Kier molecular flexibility index (Phi) is 3.98. The summed E-state index contributed by atoms with van der Waals surface area (Å²) in [6.45, 7) is -0.315. The van der Waals surface area contributed by atoms with E-state index in [2.05, 4.69) is 11.2 Å². The van der Waals surface area contributed by atoms with Crippen molar-refractivity contribution in [3.05, 3.63) is 27.7 Å². The first-order chi connectivity index (χ1) is 9.47. The van der Waals surface area contributed by atoms with E-state index in [0.717, 1.165) is 4.90 Å². The Morgan fingerprint density at radius 1 is 1.30 bits per heavy atom. The third kappa shape index (κ3) is 2.36.